The van der Waals surface area contributed by atoms with E-state index in [1.165, 1.54) is 0 Å². The zero-order chi connectivity index (χ0) is 16.8. The topological polar surface area (TPSA) is 46.5 Å². The van der Waals surface area contributed by atoms with E-state index in [2.05, 4.69) is 55.4 Å². The molecule has 0 aliphatic heterocycles. The predicted molar refractivity (Wildman–Crippen MR) is 92.0 cm³/mol. The Balaban J connectivity index is 4.93. The molecule has 2 atom stereocenters. The van der Waals surface area contributed by atoms with Gasteiger partial charge in [0.25, 0.3) is 0 Å². The highest BCUT2D eigenvalue weighted by atomic mass is 28.4. The Bertz CT molecular complexity index is 279. The Hall–Kier alpha value is -0.193. The van der Waals surface area contributed by atoms with Gasteiger partial charge in [-0.15, -0.1) is 0 Å². The average molecular weight is 317 g/mol. The molecule has 0 bridgehead atoms. The summed E-state index contributed by atoms with van der Waals surface area (Å²) in [6.45, 7) is 17.8. The third kappa shape index (κ3) is 5.50. The molecule has 0 aromatic carbocycles. The van der Waals surface area contributed by atoms with Crippen LogP contribution in [0.4, 0.5) is 0 Å². The molecular formula is C17H36O3Si. The van der Waals surface area contributed by atoms with Crippen molar-refractivity contribution in [2.45, 2.75) is 84.5 Å². The number of carbonyl (C=O) groups is 1. The standard InChI is InChI=1S/C17H36O3Si/c1-12(2)9-16(10-18)17(19)11-20-21(13(3)4,14(5)6)15(7)8/h10,12-17,19H,9,11H2,1-8H3/t16-,17+/m1/s1. The van der Waals surface area contributed by atoms with Gasteiger partial charge in [-0.25, -0.2) is 0 Å². The summed E-state index contributed by atoms with van der Waals surface area (Å²) in [6.07, 6.45) is 0.915. The Morgan fingerprint density at radius 1 is 0.952 bits per heavy atom. The minimum absolute atomic E-state index is 0.289. The molecule has 21 heavy (non-hydrogen) atoms. The molecule has 3 nitrogen and oxygen atoms in total. The number of aliphatic hydroxyl groups is 1. The summed E-state index contributed by atoms with van der Waals surface area (Å²) < 4.78 is 6.37. The van der Waals surface area contributed by atoms with Crippen LogP contribution in [0.15, 0.2) is 0 Å². The molecule has 126 valence electrons. The van der Waals surface area contributed by atoms with Crippen LogP contribution >= 0.6 is 0 Å². The molecular weight excluding hydrogens is 280 g/mol. The van der Waals surface area contributed by atoms with E-state index in [-0.39, 0.29) is 12.5 Å². The highest BCUT2D eigenvalue weighted by Gasteiger charge is 2.45. The summed E-state index contributed by atoms with van der Waals surface area (Å²) in [4.78, 5) is 11.2. The van der Waals surface area contributed by atoms with E-state index in [0.717, 1.165) is 6.29 Å². The van der Waals surface area contributed by atoms with E-state index >= 15 is 0 Å². The second-order valence-electron chi connectivity index (χ2n) is 7.63. The fourth-order valence-corrected chi connectivity index (χ4v) is 9.16. The van der Waals surface area contributed by atoms with Crippen LogP contribution in [0.25, 0.3) is 0 Å². The van der Waals surface area contributed by atoms with Crippen molar-refractivity contribution in [1.29, 1.82) is 0 Å². The normalized spacial score (nSPS) is 16.0. The van der Waals surface area contributed by atoms with Gasteiger partial charge in [0, 0.05) is 5.92 Å². The second-order valence-corrected chi connectivity index (χ2v) is 13.1. The lowest BCUT2D eigenvalue weighted by molar-refractivity contribution is -0.115. The molecule has 0 aromatic heterocycles. The van der Waals surface area contributed by atoms with Crippen molar-refractivity contribution in [3.63, 3.8) is 0 Å². The zero-order valence-corrected chi connectivity index (χ0v) is 16.2. The van der Waals surface area contributed by atoms with Crippen LogP contribution in [-0.2, 0) is 9.22 Å². The first kappa shape index (κ1) is 20.8. The second kappa shape index (κ2) is 9.06. The van der Waals surface area contributed by atoms with Gasteiger partial charge in [-0.3, -0.25) is 0 Å². The van der Waals surface area contributed by atoms with Crippen molar-refractivity contribution in [3.05, 3.63) is 0 Å². The molecule has 0 amide bonds. The van der Waals surface area contributed by atoms with E-state index in [4.69, 9.17) is 4.43 Å². The van der Waals surface area contributed by atoms with Crippen molar-refractivity contribution in [2.24, 2.45) is 11.8 Å². The maximum atomic E-state index is 11.2. The predicted octanol–water partition coefficient (Wildman–Crippen LogP) is 4.40. The van der Waals surface area contributed by atoms with Crippen LogP contribution in [0.2, 0.25) is 16.6 Å². The molecule has 0 aliphatic rings. The fourth-order valence-electron chi connectivity index (χ4n) is 3.70. The minimum atomic E-state index is -1.96. The Morgan fingerprint density at radius 2 is 1.38 bits per heavy atom. The van der Waals surface area contributed by atoms with Gasteiger partial charge in [-0.05, 0) is 29.0 Å². The molecule has 0 heterocycles. The van der Waals surface area contributed by atoms with Crippen molar-refractivity contribution in [3.8, 4) is 0 Å². The summed E-state index contributed by atoms with van der Waals surface area (Å²) in [5.74, 6) is 0.0836. The lowest BCUT2D eigenvalue weighted by Gasteiger charge is -2.43. The molecule has 0 fully saturated rings. The van der Waals surface area contributed by atoms with Gasteiger partial charge in [0.2, 0.25) is 0 Å². The number of carbonyl (C=O) groups excluding carboxylic acids is 1. The minimum Gasteiger partial charge on any atom is -0.413 e. The summed E-state index contributed by atoms with van der Waals surface area (Å²) in [5.41, 5.74) is 1.47. The molecule has 4 heteroatoms. The van der Waals surface area contributed by atoms with E-state index in [1.54, 1.807) is 0 Å². The molecule has 0 saturated carbocycles. The van der Waals surface area contributed by atoms with Crippen molar-refractivity contribution >= 4 is 14.6 Å². The average Bonchev–Trinajstić information content (AvgIpc) is 2.34. The van der Waals surface area contributed by atoms with Crippen LogP contribution in [-0.4, -0.2) is 32.4 Å². The van der Waals surface area contributed by atoms with Crippen LogP contribution in [0.1, 0.15) is 61.8 Å². The fraction of sp³-hybridized carbons (Fsp3) is 0.941. The van der Waals surface area contributed by atoms with Gasteiger partial charge in [0.05, 0.1) is 12.7 Å². The first-order chi connectivity index (χ1) is 9.59. The van der Waals surface area contributed by atoms with E-state index in [9.17, 15) is 9.90 Å². The molecule has 0 unspecified atom stereocenters. The highest BCUT2D eigenvalue weighted by Crippen LogP contribution is 2.42. The van der Waals surface area contributed by atoms with Crippen molar-refractivity contribution < 1.29 is 14.3 Å². The Morgan fingerprint density at radius 3 is 1.67 bits per heavy atom. The third-order valence-electron chi connectivity index (χ3n) is 4.62. The van der Waals surface area contributed by atoms with Crippen LogP contribution in [0.3, 0.4) is 0 Å². The highest BCUT2D eigenvalue weighted by molar-refractivity contribution is 6.77. The number of aldehydes is 1. The number of hydrogen-bond acceptors (Lipinski definition) is 3. The molecule has 0 saturated heterocycles. The van der Waals surface area contributed by atoms with E-state index < -0.39 is 14.4 Å². The molecule has 0 radical (unpaired) electrons. The smallest absolute Gasteiger partial charge is 0.200 e. The van der Waals surface area contributed by atoms with Gasteiger partial charge >= 0.3 is 0 Å². The van der Waals surface area contributed by atoms with Crippen LogP contribution < -0.4 is 0 Å². The van der Waals surface area contributed by atoms with Gasteiger partial charge < -0.3 is 14.3 Å². The summed E-state index contributed by atoms with van der Waals surface area (Å²) in [5, 5.41) is 10.3. The molecule has 0 aliphatic carbocycles. The van der Waals surface area contributed by atoms with Gasteiger partial charge in [-0.1, -0.05) is 55.4 Å². The van der Waals surface area contributed by atoms with Crippen LogP contribution in [0, 0.1) is 11.8 Å². The molecule has 0 rings (SSSR count). The quantitative estimate of drug-likeness (QED) is 0.480. The molecule has 0 aromatic rings. The van der Waals surface area contributed by atoms with E-state index in [1.807, 2.05) is 0 Å². The van der Waals surface area contributed by atoms with Crippen LogP contribution in [0.5, 0.6) is 0 Å². The lowest BCUT2D eigenvalue weighted by Crippen LogP contribution is -2.49. The number of hydrogen-bond donors (Lipinski definition) is 1. The van der Waals surface area contributed by atoms with E-state index in [0.29, 0.717) is 29.0 Å². The lowest BCUT2D eigenvalue weighted by atomic mass is 9.94. The molecule has 1 N–H and O–H groups in total. The Kier molecular flexibility index (Phi) is 8.98. The monoisotopic (exact) mass is 316 g/mol. The SMILES string of the molecule is CC(C)C[C@H](C=O)[C@@H](O)CO[Si](C(C)C)(C(C)C)C(C)C. The first-order valence-electron chi connectivity index (χ1n) is 8.36. The number of rotatable bonds is 10. The summed E-state index contributed by atoms with van der Waals surface area (Å²) in [6, 6.07) is 0. The zero-order valence-electron chi connectivity index (χ0n) is 15.2. The van der Waals surface area contributed by atoms with Gasteiger partial charge in [0.1, 0.15) is 6.29 Å². The maximum absolute atomic E-state index is 11.2. The van der Waals surface area contributed by atoms with Crippen molar-refractivity contribution in [1.82, 2.24) is 0 Å². The Labute approximate surface area is 132 Å². The summed E-state index contributed by atoms with van der Waals surface area (Å²) in [7, 11) is -1.96. The van der Waals surface area contributed by atoms with Gasteiger partial charge in [0.15, 0.2) is 8.32 Å². The molecule has 0 spiro atoms. The largest absolute Gasteiger partial charge is 0.413 e. The third-order valence-corrected chi connectivity index (χ3v) is 10.7. The number of aliphatic hydroxyl groups excluding tert-OH is 1. The maximum Gasteiger partial charge on any atom is 0.200 e. The summed E-state index contributed by atoms with van der Waals surface area (Å²) >= 11 is 0. The van der Waals surface area contributed by atoms with Gasteiger partial charge in [-0.2, -0.15) is 0 Å². The first-order valence-corrected chi connectivity index (χ1v) is 10.5. The van der Waals surface area contributed by atoms with Crippen molar-refractivity contribution in [2.75, 3.05) is 6.61 Å².